The predicted octanol–water partition coefficient (Wildman–Crippen LogP) is 3.46. The molecule has 0 spiro atoms. The number of nitrogens with two attached hydrogens (primary N) is 1. The zero-order valence-corrected chi connectivity index (χ0v) is 12.7. The van der Waals surface area contributed by atoms with Crippen LogP contribution in [0.4, 0.5) is 23.2 Å². The van der Waals surface area contributed by atoms with E-state index in [-0.39, 0.29) is 18.3 Å². The van der Waals surface area contributed by atoms with Crippen molar-refractivity contribution in [1.82, 2.24) is 9.97 Å². The zero-order chi connectivity index (χ0) is 17.8. The number of nitrogens with zero attached hydrogens (tertiary/aromatic N) is 2. The Morgan fingerprint density at radius 1 is 1.12 bits per heavy atom. The molecule has 2 N–H and O–H groups in total. The quantitative estimate of drug-likeness (QED) is 0.778. The molecule has 0 amide bonds. The molecule has 0 atom stereocenters. The molecule has 2 aromatic rings. The van der Waals surface area contributed by atoms with Crippen LogP contribution in [0.1, 0.15) is 12.6 Å². The summed E-state index contributed by atoms with van der Waals surface area (Å²) in [5.74, 6) is 0.339. The Labute approximate surface area is 135 Å². The van der Waals surface area contributed by atoms with Crippen LogP contribution in [0.3, 0.4) is 0 Å². The third-order valence-electron chi connectivity index (χ3n) is 2.77. The number of benzene rings is 1. The maximum atomic E-state index is 13.2. The molecular weight excluding hydrogens is 330 g/mol. The van der Waals surface area contributed by atoms with Gasteiger partial charge >= 0.3 is 12.2 Å². The van der Waals surface area contributed by atoms with Gasteiger partial charge in [-0.1, -0.05) is 30.3 Å². The molecule has 0 unspecified atom stereocenters. The van der Waals surface area contributed by atoms with E-state index in [1.165, 1.54) is 6.20 Å². The van der Waals surface area contributed by atoms with Crippen molar-refractivity contribution in [1.29, 1.82) is 0 Å². The number of rotatable bonds is 7. The zero-order valence-electron chi connectivity index (χ0n) is 12.7. The Morgan fingerprint density at radius 3 is 2.42 bits per heavy atom. The van der Waals surface area contributed by atoms with Crippen LogP contribution in [-0.2, 0) is 16.1 Å². The second-order valence-electron chi connectivity index (χ2n) is 5.00. The molecule has 0 saturated heterocycles. The first-order valence-electron chi connectivity index (χ1n) is 6.87. The number of alkyl halides is 4. The molecule has 0 bridgehead atoms. The molecule has 1 aromatic heterocycles. The predicted molar refractivity (Wildman–Crippen MR) is 78.2 cm³/mol. The maximum Gasteiger partial charge on any atom is 0.383 e. The van der Waals surface area contributed by atoms with Crippen molar-refractivity contribution in [2.75, 3.05) is 12.3 Å². The second-order valence-corrected chi connectivity index (χ2v) is 5.00. The summed E-state index contributed by atoms with van der Waals surface area (Å²) in [6.07, 6.45) is -6.79. The van der Waals surface area contributed by atoms with Crippen LogP contribution < -0.4 is 5.73 Å². The Balaban J connectivity index is 2.03. The molecule has 2 rings (SSSR count). The summed E-state index contributed by atoms with van der Waals surface area (Å²) in [5, 5.41) is 0. The maximum absolute atomic E-state index is 13.2. The monoisotopic (exact) mass is 345 g/mol. The van der Waals surface area contributed by atoms with Crippen LogP contribution in [0.2, 0.25) is 0 Å². The molecule has 0 radical (unpaired) electrons. The normalized spacial score (nSPS) is 12.4. The molecule has 130 valence electrons. The summed E-state index contributed by atoms with van der Waals surface area (Å²) in [7, 11) is 0. The summed E-state index contributed by atoms with van der Waals surface area (Å²) in [6, 6.07) is 8.92. The van der Waals surface area contributed by atoms with Gasteiger partial charge in [0.05, 0.1) is 24.2 Å². The van der Waals surface area contributed by atoms with Crippen molar-refractivity contribution in [3.63, 3.8) is 0 Å². The van der Waals surface area contributed by atoms with E-state index in [0.717, 1.165) is 0 Å². The summed E-state index contributed by atoms with van der Waals surface area (Å²) < 4.78 is 59.4. The average Bonchev–Trinajstić information content (AvgIpc) is 2.47. The van der Waals surface area contributed by atoms with Crippen LogP contribution in [0, 0.1) is 0 Å². The summed E-state index contributed by atoms with van der Waals surface area (Å²) >= 11 is 0. The molecular formula is C15H15F4N3O2. The lowest BCUT2D eigenvalue weighted by Gasteiger charge is -2.20. The van der Waals surface area contributed by atoms with E-state index in [1.807, 2.05) is 6.07 Å². The fourth-order valence-corrected chi connectivity index (χ4v) is 1.83. The Hall–Kier alpha value is -2.26. The van der Waals surface area contributed by atoms with Crippen LogP contribution >= 0.6 is 0 Å². The van der Waals surface area contributed by atoms with Gasteiger partial charge in [-0.3, -0.25) is 4.74 Å². The second kappa shape index (κ2) is 7.10. The van der Waals surface area contributed by atoms with Gasteiger partial charge in [0.1, 0.15) is 6.61 Å². The van der Waals surface area contributed by atoms with Crippen molar-refractivity contribution in [3.8, 4) is 11.4 Å². The third kappa shape index (κ3) is 5.43. The average molecular weight is 345 g/mol. The van der Waals surface area contributed by atoms with Crippen LogP contribution in [0.25, 0.3) is 11.4 Å². The van der Waals surface area contributed by atoms with Crippen LogP contribution in [-0.4, -0.2) is 28.8 Å². The van der Waals surface area contributed by atoms with Crippen LogP contribution in [0.5, 0.6) is 0 Å². The number of nitrogen functional groups attached to an aromatic ring is 1. The molecule has 0 saturated carbocycles. The lowest BCUT2D eigenvalue weighted by molar-refractivity contribution is -0.378. The molecule has 5 nitrogen and oxygen atoms in total. The van der Waals surface area contributed by atoms with E-state index < -0.39 is 25.4 Å². The van der Waals surface area contributed by atoms with Gasteiger partial charge in [-0.2, -0.15) is 17.6 Å². The fraction of sp³-hybridized carbons (Fsp3) is 0.333. The molecule has 24 heavy (non-hydrogen) atoms. The van der Waals surface area contributed by atoms with E-state index >= 15 is 0 Å². The third-order valence-corrected chi connectivity index (χ3v) is 2.77. The lowest BCUT2D eigenvalue weighted by atomic mass is 10.2. The largest absolute Gasteiger partial charge is 0.396 e. The number of halogens is 4. The number of aromatic nitrogens is 2. The van der Waals surface area contributed by atoms with Crippen LogP contribution in [0.15, 0.2) is 36.5 Å². The molecule has 0 aliphatic rings. The van der Waals surface area contributed by atoms with Gasteiger partial charge in [-0.15, -0.1) is 0 Å². The Morgan fingerprint density at radius 2 is 1.79 bits per heavy atom. The van der Waals surface area contributed by atoms with Crippen molar-refractivity contribution in [3.05, 3.63) is 42.2 Å². The van der Waals surface area contributed by atoms with Gasteiger partial charge in [0.2, 0.25) is 0 Å². The molecule has 0 fully saturated rings. The topological polar surface area (TPSA) is 70.3 Å². The van der Waals surface area contributed by atoms with E-state index in [4.69, 9.17) is 10.5 Å². The van der Waals surface area contributed by atoms with Gasteiger partial charge in [0, 0.05) is 12.5 Å². The minimum atomic E-state index is -4.14. The standard InChI is InChI=1S/C15H15F4N3O2/c1-14(16,17)24-15(18,19)9-23-8-12-11(20)7-21-13(22-12)10-5-3-2-4-6-10/h2-7H,8-9,20H2,1H3. The van der Waals surface area contributed by atoms with Gasteiger partial charge in [0.25, 0.3) is 0 Å². The van der Waals surface area contributed by atoms with E-state index in [9.17, 15) is 17.6 Å². The minimum absolute atomic E-state index is 0.139. The summed E-state index contributed by atoms with van der Waals surface area (Å²) in [5.41, 5.74) is 6.69. The van der Waals surface area contributed by atoms with Gasteiger partial charge < -0.3 is 10.5 Å². The number of hydrogen-bond donors (Lipinski definition) is 1. The first-order chi connectivity index (χ1) is 11.2. The molecule has 0 aliphatic heterocycles. The van der Waals surface area contributed by atoms with Crippen molar-refractivity contribution < 1.29 is 27.0 Å². The molecule has 1 heterocycles. The smallest absolute Gasteiger partial charge is 0.383 e. The van der Waals surface area contributed by atoms with Gasteiger partial charge in [-0.05, 0) is 0 Å². The van der Waals surface area contributed by atoms with E-state index in [0.29, 0.717) is 11.4 Å². The van der Waals surface area contributed by atoms with E-state index in [2.05, 4.69) is 14.7 Å². The van der Waals surface area contributed by atoms with E-state index in [1.54, 1.807) is 24.3 Å². The highest BCUT2D eigenvalue weighted by molar-refractivity contribution is 5.56. The van der Waals surface area contributed by atoms with Gasteiger partial charge in [-0.25, -0.2) is 9.97 Å². The Bertz CT molecular complexity index is 678. The SMILES string of the molecule is CC(F)(F)OC(F)(F)COCc1nc(-c2ccccc2)ncc1N. The summed E-state index contributed by atoms with van der Waals surface area (Å²) in [4.78, 5) is 8.19. The highest BCUT2D eigenvalue weighted by Gasteiger charge is 2.41. The number of anilines is 1. The van der Waals surface area contributed by atoms with Crippen molar-refractivity contribution >= 4 is 5.69 Å². The number of ether oxygens (including phenoxy) is 2. The molecule has 1 aromatic carbocycles. The number of hydrogen-bond acceptors (Lipinski definition) is 5. The minimum Gasteiger partial charge on any atom is -0.396 e. The first kappa shape index (κ1) is 18.1. The van der Waals surface area contributed by atoms with Crippen molar-refractivity contribution in [2.45, 2.75) is 25.7 Å². The Kier molecular flexibility index (Phi) is 5.35. The highest BCUT2D eigenvalue weighted by atomic mass is 19.3. The van der Waals surface area contributed by atoms with Gasteiger partial charge in [0.15, 0.2) is 5.82 Å². The lowest BCUT2D eigenvalue weighted by Crippen LogP contribution is -2.34. The van der Waals surface area contributed by atoms with Crippen molar-refractivity contribution in [2.24, 2.45) is 0 Å². The summed E-state index contributed by atoms with van der Waals surface area (Å²) in [6.45, 7) is -1.54. The fourth-order valence-electron chi connectivity index (χ4n) is 1.83. The molecule has 9 heteroatoms. The first-order valence-corrected chi connectivity index (χ1v) is 6.87. The highest BCUT2D eigenvalue weighted by Crippen LogP contribution is 2.27. The molecule has 0 aliphatic carbocycles.